The maximum Gasteiger partial charge on any atom is 0.255 e. The van der Waals surface area contributed by atoms with Crippen molar-refractivity contribution in [2.45, 2.75) is 19.3 Å². The van der Waals surface area contributed by atoms with Crippen LogP contribution in [0.25, 0.3) is 0 Å². The lowest BCUT2D eigenvalue weighted by Crippen LogP contribution is -2.32. The number of ether oxygens (including phenoxy) is 1. The number of methoxy groups -OCH3 is 1. The number of amides is 1. The number of nitrogens with two attached hydrogens (primary N) is 1. The Kier molecular flexibility index (Phi) is 9.60. The first-order valence-electron chi connectivity index (χ1n) is 11.2. The summed E-state index contributed by atoms with van der Waals surface area (Å²) in [5, 5.41) is 10.5. The average molecular weight is 490 g/mol. The Labute approximate surface area is 206 Å². The molecule has 0 bridgehead atoms. The molecule has 9 heteroatoms. The second-order valence-corrected chi connectivity index (χ2v) is 9.01. The first-order chi connectivity index (χ1) is 16.0. The molecule has 1 atom stereocenters. The Morgan fingerprint density at radius 2 is 2.03 bits per heavy atom. The van der Waals surface area contributed by atoms with Crippen LogP contribution in [0.1, 0.15) is 29.6 Å². The van der Waals surface area contributed by atoms with Gasteiger partial charge in [-0.2, -0.15) is 0 Å². The van der Waals surface area contributed by atoms with E-state index in [1.807, 2.05) is 30.3 Å². The quantitative estimate of drug-likeness (QED) is 0.229. The van der Waals surface area contributed by atoms with Crippen LogP contribution in [0.2, 0.25) is 5.02 Å². The van der Waals surface area contributed by atoms with Crippen molar-refractivity contribution in [3.05, 3.63) is 53.1 Å². The van der Waals surface area contributed by atoms with Gasteiger partial charge in [-0.15, -0.1) is 0 Å². The highest BCUT2D eigenvalue weighted by molar-refractivity contribution is 7.80. The van der Waals surface area contributed by atoms with E-state index in [1.165, 1.54) is 7.11 Å². The molecule has 1 fully saturated rings. The summed E-state index contributed by atoms with van der Waals surface area (Å²) < 4.78 is 5.27. The molecular formula is C24H32ClN5O2S. The van der Waals surface area contributed by atoms with Gasteiger partial charge in [-0.1, -0.05) is 29.8 Å². The summed E-state index contributed by atoms with van der Waals surface area (Å²) in [5.74, 6) is 0.665. The van der Waals surface area contributed by atoms with Crippen LogP contribution < -0.4 is 26.4 Å². The minimum Gasteiger partial charge on any atom is -0.496 e. The third-order valence-electron chi connectivity index (χ3n) is 5.70. The van der Waals surface area contributed by atoms with Gasteiger partial charge in [-0.05, 0) is 68.7 Å². The Hall–Kier alpha value is -2.55. The average Bonchev–Trinajstić information content (AvgIpc) is 3.27. The summed E-state index contributed by atoms with van der Waals surface area (Å²) >= 11 is 11.4. The van der Waals surface area contributed by atoms with Crippen molar-refractivity contribution in [2.75, 3.05) is 50.9 Å². The fourth-order valence-electron chi connectivity index (χ4n) is 3.89. The number of benzene rings is 2. The van der Waals surface area contributed by atoms with Gasteiger partial charge < -0.3 is 31.3 Å². The number of carbonyl (C=O) groups is 1. The minimum absolute atomic E-state index is 0.196. The lowest BCUT2D eigenvalue weighted by atomic mass is 10.1. The molecule has 0 radical (unpaired) electrons. The van der Waals surface area contributed by atoms with E-state index in [1.54, 1.807) is 12.1 Å². The highest BCUT2D eigenvalue weighted by Crippen LogP contribution is 2.29. The number of nitrogens with zero attached hydrogens (tertiary/aromatic N) is 1. The van der Waals surface area contributed by atoms with Crippen molar-refractivity contribution in [2.24, 2.45) is 5.92 Å². The van der Waals surface area contributed by atoms with Crippen LogP contribution in [0.5, 0.6) is 5.75 Å². The van der Waals surface area contributed by atoms with Gasteiger partial charge >= 0.3 is 0 Å². The highest BCUT2D eigenvalue weighted by atomic mass is 35.5. The zero-order chi connectivity index (χ0) is 23.6. The van der Waals surface area contributed by atoms with Crippen molar-refractivity contribution < 1.29 is 9.53 Å². The van der Waals surface area contributed by atoms with Crippen LogP contribution >= 0.6 is 23.8 Å². The molecule has 0 saturated carbocycles. The summed E-state index contributed by atoms with van der Waals surface area (Å²) in [6.07, 6.45) is 3.22. The van der Waals surface area contributed by atoms with Gasteiger partial charge in [-0.25, -0.2) is 0 Å². The number of likely N-dealkylation sites (tertiary alicyclic amines) is 1. The zero-order valence-electron chi connectivity index (χ0n) is 18.9. The third-order valence-corrected chi connectivity index (χ3v) is 6.28. The normalized spacial score (nSPS) is 15.8. The Bertz CT molecular complexity index is 944. The topological polar surface area (TPSA) is 91.6 Å². The number of rotatable bonds is 10. The number of carbonyl (C=O) groups excluding carboxylic acids is 1. The fourth-order valence-corrected chi connectivity index (χ4v) is 4.27. The second-order valence-electron chi connectivity index (χ2n) is 8.19. The first kappa shape index (κ1) is 25.1. The predicted octanol–water partition coefficient (Wildman–Crippen LogP) is 3.75. The van der Waals surface area contributed by atoms with Gasteiger partial charge in [0, 0.05) is 31.4 Å². The van der Waals surface area contributed by atoms with E-state index in [0.29, 0.717) is 39.6 Å². The molecule has 1 aliphatic heterocycles. The monoisotopic (exact) mass is 489 g/mol. The van der Waals surface area contributed by atoms with E-state index in [-0.39, 0.29) is 5.91 Å². The van der Waals surface area contributed by atoms with Crippen molar-refractivity contribution in [1.29, 1.82) is 0 Å². The van der Waals surface area contributed by atoms with Crippen molar-refractivity contribution in [3.8, 4) is 5.75 Å². The molecule has 0 aliphatic carbocycles. The third kappa shape index (κ3) is 7.77. The smallest absolute Gasteiger partial charge is 0.255 e. The van der Waals surface area contributed by atoms with Crippen LogP contribution in [0.3, 0.4) is 0 Å². The van der Waals surface area contributed by atoms with Gasteiger partial charge in [0.15, 0.2) is 5.11 Å². The summed E-state index contributed by atoms with van der Waals surface area (Å²) in [6, 6.07) is 13.0. The summed E-state index contributed by atoms with van der Waals surface area (Å²) in [6.45, 7) is 4.56. The zero-order valence-corrected chi connectivity index (χ0v) is 20.5. The van der Waals surface area contributed by atoms with Gasteiger partial charge in [0.1, 0.15) is 5.75 Å². The molecule has 7 nitrogen and oxygen atoms in total. The maximum atomic E-state index is 12.6. The first-order valence-corrected chi connectivity index (χ1v) is 12.0. The molecule has 2 aromatic carbocycles. The highest BCUT2D eigenvalue weighted by Gasteiger charge is 2.23. The molecule has 0 spiro atoms. The molecule has 0 aromatic heterocycles. The predicted molar refractivity (Wildman–Crippen MR) is 139 cm³/mol. The maximum absolute atomic E-state index is 12.6. The molecule has 1 saturated heterocycles. The van der Waals surface area contributed by atoms with Crippen LogP contribution in [0.4, 0.5) is 11.4 Å². The fraction of sp³-hybridized carbons (Fsp3) is 0.417. The summed E-state index contributed by atoms with van der Waals surface area (Å²) in [5.41, 5.74) is 7.58. The second kappa shape index (κ2) is 12.6. The van der Waals surface area contributed by atoms with Gasteiger partial charge in [0.2, 0.25) is 0 Å². The van der Waals surface area contributed by atoms with Crippen molar-refractivity contribution >= 4 is 46.2 Å². The standard InChI is InChI=1S/C24H32ClN5O2S/c1-32-22-14-21(26)20(25)13-19(22)23(31)28-15-17-9-12-30(16-17)11-6-5-10-27-24(33)29-18-7-3-2-4-8-18/h2-4,7-8,13-14,17H,5-6,9-12,15-16,26H2,1H3,(H,28,31)(H2,27,29,33). The molecule has 1 aliphatic rings. The van der Waals surface area contributed by atoms with Crippen LogP contribution in [-0.2, 0) is 0 Å². The number of hydrogen-bond donors (Lipinski definition) is 4. The number of halogens is 1. The molecule has 2 aromatic rings. The molecule has 1 amide bonds. The molecular weight excluding hydrogens is 458 g/mol. The molecule has 5 N–H and O–H groups in total. The van der Waals surface area contributed by atoms with E-state index >= 15 is 0 Å². The summed E-state index contributed by atoms with van der Waals surface area (Å²) in [7, 11) is 1.51. The van der Waals surface area contributed by atoms with E-state index in [9.17, 15) is 4.79 Å². The van der Waals surface area contributed by atoms with Crippen molar-refractivity contribution in [3.63, 3.8) is 0 Å². The largest absolute Gasteiger partial charge is 0.496 e. The van der Waals surface area contributed by atoms with E-state index in [2.05, 4.69) is 20.9 Å². The number of thiocarbonyl (C=S) groups is 1. The number of nitrogens with one attached hydrogen (secondary N) is 3. The van der Waals surface area contributed by atoms with Crippen LogP contribution in [0, 0.1) is 5.92 Å². The molecule has 178 valence electrons. The number of nitrogen functional groups attached to an aromatic ring is 1. The lowest BCUT2D eigenvalue weighted by Gasteiger charge is -2.17. The SMILES string of the molecule is COc1cc(N)c(Cl)cc1C(=O)NCC1CCN(CCCCNC(=S)Nc2ccccc2)C1. The van der Waals surface area contributed by atoms with E-state index in [4.69, 9.17) is 34.3 Å². The number of unbranched alkanes of at least 4 members (excludes halogenated alkanes) is 1. The Balaban J connectivity index is 1.30. The number of para-hydroxylation sites is 1. The lowest BCUT2D eigenvalue weighted by molar-refractivity contribution is 0.0944. The Morgan fingerprint density at radius 3 is 2.79 bits per heavy atom. The van der Waals surface area contributed by atoms with Crippen LogP contribution in [-0.4, -0.2) is 55.8 Å². The number of anilines is 2. The summed E-state index contributed by atoms with van der Waals surface area (Å²) in [4.78, 5) is 15.1. The van der Waals surface area contributed by atoms with E-state index < -0.39 is 0 Å². The molecule has 3 rings (SSSR count). The van der Waals surface area contributed by atoms with Gasteiger partial charge in [0.05, 0.1) is 23.4 Å². The molecule has 1 unspecified atom stereocenters. The minimum atomic E-state index is -0.196. The van der Waals surface area contributed by atoms with Crippen molar-refractivity contribution in [1.82, 2.24) is 15.5 Å². The van der Waals surface area contributed by atoms with E-state index in [0.717, 1.165) is 51.1 Å². The van der Waals surface area contributed by atoms with Gasteiger partial charge in [0.25, 0.3) is 5.91 Å². The van der Waals surface area contributed by atoms with Crippen LogP contribution in [0.15, 0.2) is 42.5 Å². The molecule has 33 heavy (non-hydrogen) atoms. The number of hydrogen-bond acceptors (Lipinski definition) is 5. The molecule has 1 heterocycles. The Morgan fingerprint density at radius 1 is 1.24 bits per heavy atom. The van der Waals surface area contributed by atoms with Gasteiger partial charge in [-0.3, -0.25) is 4.79 Å².